The largest absolute Gasteiger partial charge is 0.381 e. The molecule has 0 radical (unpaired) electrons. The second-order valence-corrected chi connectivity index (χ2v) is 4.82. The first kappa shape index (κ1) is 11.0. The molecule has 1 aromatic heterocycles. The molecule has 0 bridgehead atoms. The van der Waals surface area contributed by atoms with Crippen LogP contribution in [0.25, 0.3) is 0 Å². The molecule has 5 heteroatoms. The molecule has 0 aliphatic carbocycles. The highest BCUT2D eigenvalue weighted by Gasteiger charge is 2.23. The van der Waals surface area contributed by atoms with Gasteiger partial charge in [-0.1, -0.05) is 0 Å². The minimum atomic E-state index is 0.447. The van der Waals surface area contributed by atoms with Crippen molar-refractivity contribution in [2.75, 3.05) is 26.3 Å². The molecule has 2 saturated heterocycles. The predicted octanol–water partition coefficient (Wildman–Crippen LogP) is 0.842. The average molecular weight is 234 g/mol. The summed E-state index contributed by atoms with van der Waals surface area (Å²) in [6.07, 6.45) is 5.06. The van der Waals surface area contributed by atoms with Gasteiger partial charge in [0.25, 0.3) is 0 Å². The van der Waals surface area contributed by atoms with Crippen molar-refractivity contribution >= 4 is 0 Å². The van der Waals surface area contributed by atoms with Gasteiger partial charge in [-0.15, -0.1) is 5.10 Å². The van der Waals surface area contributed by atoms with Crippen LogP contribution in [0.1, 0.15) is 42.6 Å². The molecule has 92 valence electrons. The van der Waals surface area contributed by atoms with Gasteiger partial charge in [0.1, 0.15) is 0 Å². The van der Waals surface area contributed by atoms with E-state index in [4.69, 9.17) is 9.72 Å². The summed E-state index contributed by atoms with van der Waals surface area (Å²) >= 11 is 0. The topological polar surface area (TPSA) is 59.9 Å². The quantitative estimate of drug-likeness (QED) is 0.821. The highest BCUT2D eigenvalue weighted by molar-refractivity contribution is 5.08. The van der Waals surface area contributed by atoms with E-state index < -0.39 is 0 Å². The maximum atomic E-state index is 5.38. The zero-order valence-corrected chi connectivity index (χ0v) is 9.93. The summed E-state index contributed by atoms with van der Waals surface area (Å²) in [5, 5.41) is 11.6. The molecule has 3 rings (SSSR count). The Morgan fingerprint density at radius 1 is 1.18 bits per heavy atom. The van der Waals surface area contributed by atoms with Crippen molar-refractivity contribution in [3.8, 4) is 0 Å². The highest BCUT2D eigenvalue weighted by atomic mass is 16.5. The first-order valence-corrected chi connectivity index (χ1v) is 6.41. The van der Waals surface area contributed by atoms with Crippen LogP contribution in [0, 0.1) is 0 Å². The Balaban J connectivity index is 1.77. The Morgan fingerprint density at radius 3 is 2.82 bits per heavy atom. The van der Waals surface area contributed by atoms with Gasteiger partial charge in [-0.3, -0.25) is 0 Å². The SMILES string of the molecule is c1nnc(C2CCNC2)nc1C1CCOCC1. The fraction of sp³-hybridized carbons (Fsp3) is 0.750. The summed E-state index contributed by atoms with van der Waals surface area (Å²) in [6, 6.07) is 0. The van der Waals surface area contributed by atoms with Gasteiger partial charge in [0.15, 0.2) is 5.82 Å². The molecule has 2 aliphatic rings. The van der Waals surface area contributed by atoms with E-state index in [-0.39, 0.29) is 0 Å². The fourth-order valence-electron chi connectivity index (χ4n) is 2.57. The van der Waals surface area contributed by atoms with Crippen molar-refractivity contribution in [1.29, 1.82) is 0 Å². The van der Waals surface area contributed by atoms with E-state index in [1.54, 1.807) is 0 Å². The molecule has 3 heterocycles. The van der Waals surface area contributed by atoms with E-state index in [0.29, 0.717) is 11.8 Å². The Labute approximate surface area is 101 Å². The van der Waals surface area contributed by atoms with E-state index in [1.165, 1.54) is 0 Å². The number of aromatic nitrogens is 3. The standard InChI is InChI=1S/C12H18N4O/c1-4-13-7-10(1)12-15-11(8-14-16-12)9-2-5-17-6-3-9/h8-10,13H,1-7H2. The molecule has 0 spiro atoms. The molecule has 1 unspecified atom stereocenters. The van der Waals surface area contributed by atoms with Crippen LogP contribution in [0.3, 0.4) is 0 Å². The summed E-state index contributed by atoms with van der Waals surface area (Å²) in [5.41, 5.74) is 1.10. The van der Waals surface area contributed by atoms with E-state index in [0.717, 1.165) is 57.1 Å². The third kappa shape index (κ3) is 2.45. The fourth-order valence-corrected chi connectivity index (χ4v) is 2.57. The van der Waals surface area contributed by atoms with Gasteiger partial charge >= 0.3 is 0 Å². The van der Waals surface area contributed by atoms with Crippen LogP contribution in [0.2, 0.25) is 0 Å². The third-order valence-corrected chi connectivity index (χ3v) is 3.66. The van der Waals surface area contributed by atoms with Crippen LogP contribution in [-0.2, 0) is 4.74 Å². The molecule has 0 saturated carbocycles. The van der Waals surface area contributed by atoms with Crippen molar-refractivity contribution in [3.63, 3.8) is 0 Å². The lowest BCUT2D eigenvalue weighted by molar-refractivity contribution is 0.0843. The summed E-state index contributed by atoms with van der Waals surface area (Å²) in [5.74, 6) is 1.87. The zero-order chi connectivity index (χ0) is 11.5. The Morgan fingerprint density at radius 2 is 2.06 bits per heavy atom. The number of hydrogen-bond donors (Lipinski definition) is 1. The molecular formula is C12H18N4O. The Bertz CT molecular complexity index is 373. The summed E-state index contributed by atoms with van der Waals surface area (Å²) in [4.78, 5) is 4.71. The molecular weight excluding hydrogens is 216 g/mol. The molecule has 1 N–H and O–H groups in total. The summed E-state index contributed by atoms with van der Waals surface area (Å²) in [6.45, 7) is 3.73. The monoisotopic (exact) mass is 234 g/mol. The predicted molar refractivity (Wildman–Crippen MR) is 62.8 cm³/mol. The van der Waals surface area contributed by atoms with Crippen molar-refractivity contribution in [1.82, 2.24) is 20.5 Å². The number of nitrogens with one attached hydrogen (secondary N) is 1. The maximum absolute atomic E-state index is 5.38. The van der Waals surface area contributed by atoms with E-state index in [2.05, 4.69) is 15.5 Å². The number of hydrogen-bond acceptors (Lipinski definition) is 5. The summed E-state index contributed by atoms with van der Waals surface area (Å²) < 4.78 is 5.38. The van der Waals surface area contributed by atoms with Crippen LogP contribution in [-0.4, -0.2) is 41.5 Å². The van der Waals surface area contributed by atoms with Crippen molar-refractivity contribution < 1.29 is 4.74 Å². The smallest absolute Gasteiger partial charge is 0.155 e. The van der Waals surface area contributed by atoms with Crippen LogP contribution in [0.15, 0.2) is 6.20 Å². The highest BCUT2D eigenvalue weighted by Crippen LogP contribution is 2.26. The second-order valence-electron chi connectivity index (χ2n) is 4.82. The maximum Gasteiger partial charge on any atom is 0.155 e. The van der Waals surface area contributed by atoms with E-state index in [9.17, 15) is 0 Å². The molecule has 1 atom stereocenters. The lowest BCUT2D eigenvalue weighted by Gasteiger charge is -2.21. The molecule has 0 aromatic carbocycles. The van der Waals surface area contributed by atoms with Gasteiger partial charge in [0.2, 0.25) is 0 Å². The molecule has 2 fully saturated rings. The van der Waals surface area contributed by atoms with Gasteiger partial charge in [-0.05, 0) is 25.8 Å². The van der Waals surface area contributed by atoms with Crippen LogP contribution in [0.5, 0.6) is 0 Å². The minimum absolute atomic E-state index is 0.447. The van der Waals surface area contributed by atoms with Gasteiger partial charge in [0.05, 0.1) is 11.9 Å². The lowest BCUT2D eigenvalue weighted by atomic mass is 9.97. The van der Waals surface area contributed by atoms with Crippen molar-refractivity contribution in [3.05, 3.63) is 17.7 Å². The van der Waals surface area contributed by atoms with Gasteiger partial charge in [-0.2, -0.15) is 5.10 Å². The first-order valence-electron chi connectivity index (χ1n) is 6.41. The lowest BCUT2D eigenvalue weighted by Crippen LogP contribution is -2.17. The van der Waals surface area contributed by atoms with Gasteiger partial charge < -0.3 is 10.1 Å². The summed E-state index contributed by atoms with van der Waals surface area (Å²) in [7, 11) is 0. The van der Waals surface area contributed by atoms with Crippen molar-refractivity contribution in [2.45, 2.75) is 31.1 Å². The first-order chi connectivity index (χ1) is 8.43. The van der Waals surface area contributed by atoms with E-state index >= 15 is 0 Å². The number of ether oxygens (including phenoxy) is 1. The van der Waals surface area contributed by atoms with Crippen LogP contribution >= 0.6 is 0 Å². The molecule has 2 aliphatic heterocycles. The Kier molecular flexibility index (Phi) is 3.29. The van der Waals surface area contributed by atoms with Gasteiger partial charge in [0, 0.05) is 31.6 Å². The van der Waals surface area contributed by atoms with Gasteiger partial charge in [-0.25, -0.2) is 4.98 Å². The molecule has 0 amide bonds. The van der Waals surface area contributed by atoms with Crippen LogP contribution < -0.4 is 5.32 Å². The van der Waals surface area contributed by atoms with E-state index in [1.807, 2.05) is 6.20 Å². The number of rotatable bonds is 2. The van der Waals surface area contributed by atoms with Crippen molar-refractivity contribution in [2.24, 2.45) is 0 Å². The second kappa shape index (κ2) is 5.06. The minimum Gasteiger partial charge on any atom is -0.381 e. The molecule has 1 aromatic rings. The zero-order valence-electron chi connectivity index (χ0n) is 9.93. The Hall–Kier alpha value is -1.07. The normalized spacial score (nSPS) is 26.2. The van der Waals surface area contributed by atoms with Crippen LogP contribution in [0.4, 0.5) is 0 Å². The molecule has 5 nitrogen and oxygen atoms in total. The molecule has 17 heavy (non-hydrogen) atoms. The average Bonchev–Trinajstić information content (AvgIpc) is 2.94. The number of nitrogens with zero attached hydrogens (tertiary/aromatic N) is 3. The third-order valence-electron chi connectivity index (χ3n) is 3.66.